The zero-order valence-electron chi connectivity index (χ0n) is 7.07. The summed E-state index contributed by atoms with van der Waals surface area (Å²) in [7, 11) is 0. The van der Waals surface area contributed by atoms with Gasteiger partial charge in [-0.15, -0.1) is 0 Å². The van der Waals surface area contributed by atoms with Crippen molar-refractivity contribution in [3.05, 3.63) is 0 Å². The minimum Gasteiger partial charge on any atom is 0 e. The van der Waals surface area contributed by atoms with Crippen LogP contribution in [0.1, 0.15) is 0 Å². The average Bonchev–Trinajstić information content (AvgIpc) is 0. The monoisotopic (exact) mass is 639 g/mol. The van der Waals surface area contributed by atoms with E-state index in [2.05, 4.69) is 0 Å². The summed E-state index contributed by atoms with van der Waals surface area (Å²) in [5, 5.41) is 0. The van der Waals surface area contributed by atoms with Gasteiger partial charge in [0, 0.05) is 195 Å². The number of hydrogen-bond donors (Lipinski definition) is 0. The standard InChI is InChI=1S/10Zn. The van der Waals surface area contributed by atoms with Crippen LogP contribution in [0.3, 0.4) is 0 Å². The van der Waals surface area contributed by atoms with E-state index in [9.17, 15) is 0 Å². The zero-order valence-corrected chi connectivity index (χ0v) is 36.7. The first-order chi connectivity index (χ1) is 0. The molecule has 0 heterocycles. The summed E-state index contributed by atoms with van der Waals surface area (Å²) in [5.74, 6) is 0. The SMILES string of the molecule is [Zn].[Zn].[Zn].[Zn].[Zn].[Zn].[Zn].[Zn].[Zn].[Zn]. The molecule has 0 aliphatic heterocycles. The average molecular weight is 654 g/mol. The van der Waals surface area contributed by atoms with E-state index < -0.39 is 0 Å². The summed E-state index contributed by atoms with van der Waals surface area (Å²) in [5.41, 5.74) is 0. The van der Waals surface area contributed by atoms with Crippen LogP contribution in [0.2, 0.25) is 0 Å². The van der Waals surface area contributed by atoms with Crippen LogP contribution in [-0.4, -0.2) is 0 Å². The van der Waals surface area contributed by atoms with E-state index in [0.717, 1.165) is 0 Å². The summed E-state index contributed by atoms with van der Waals surface area (Å²) in [6, 6.07) is 0. The second-order valence-corrected chi connectivity index (χ2v) is 0. The van der Waals surface area contributed by atoms with E-state index in [-0.39, 0.29) is 195 Å². The van der Waals surface area contributed by atoms with Crippen LogP contribution in [0, 0.1) is 0 Å². The summed E-state index contributed by atoms with van der Waals surface area (Å²) in [6.07, 6.45) is 0. The van der Waals surface area contributed by atoms with Gasteiger partial charge >= 0.3 is 0 Å². The van der Waals surface area contributed by atoms with Gasteiger partial charge in [-0.1, -0.05) is 0 Å². The summed E-state index contributed by atoms with van der Waals surface area (Å²) in [4.78, 5) is 0. The smallest absolute Gasteiger partial charge is 0 e. The molecule has 0 bridgehead atoms. The van der Waals surface area contributed by atoms with Gasteiger partial charge in [-0.25, -0.2) is 0 Å². The van der Waals surface area contributed by atoms with Crippen LogP contribution in [-0.2, 0) is 195 Å². The van der Waals surface area contributed by atoms with Crippen molar-refractivity contribution >= 4 is 0 Å². The van der Waals surface area contributed by atoms with Crippen molar-refractivity contribution in [1.82, 2.24) is 0 Å². The zero-order chi connectivity index (χ0) is 0. The Labute approximate surface area is 190 Å². The van der Waals surface area contributed by atoms with Crippen molar-refractivity contribution in [2.45, 2.75) is 0 Å². The maximum Gasteiger partial charge on any atom is 0 e. The Hall–Kier alpha value is 6.23. The van der Waals surface area contributed by atoms with Gasteiger partial charge in [0.1, 0.15) is 0 Å². The molecule has 0 unspecified atom stereocenters. The first-order valence-corrected chi connectivity index (χ1v) is 0. The molecule has 0 N–H and O–H groups in total. The molecule has 0 radical (unpaired) electrons. The second kappa shape index (κ2) is 79.4. The Morgan fingerprint density at radius 1 is 0.100 bits per heavy atom. The van der Waals surface area contributed by atoms with Crippen LogP contribution in [0.25, 0.3) is 0 Å². The first kappa shape index (κ1) is 96.9. The normalized spacial score (nSPS) is 0. The predicted octanol–water partition coefficient (Wildman–Crippen LogP) is -0.0250. The first-order valence-electron chi connectivity index (χ1n) is 0. The van der Waals surface area contributed by atoms with E-state index in [1.807, 2.05) is 0 Å². The van der Waals surface area contributed by atoms with Gasteiger partial charge < -0.3 is 0 Å². The molecule has 0 aromatic heterocycles. The van der Waals surface area contributed by atoms with Crippen molar-refractivity contribution in [2.75, 3.05) is 0 Å². The fourth-order valence-electron chi connectivity index (χ4n) is 0. The number of hydrogen-bond acceptors (Lipinski definition) is 0. The molecule has 10 heavy (non-hydrogen) atoms. The third-order valence-electron chi connectivity index (χ3n) is 0. The van der Waals surface area contributed by atoms with Gasteiger partial charge in [-0.2, -0.15) is 0 Å². The van der Waals surface area contributed by atoms with Crippen LogP contribution in [0.15, 0.2) is 0 Å². The molecule has 0 fully saturated rings. The van der Waals surface area contributed by atoms with Gasteiger partial charge in [0.2, 0.25) is 0 Å². The van der Waals surface area contributed by atoms with Crippen molar-refractivity contribution < 1.29 is 195 Å². The summed E-state index contributed by atoms with van der Waals surface area (Å²) in [6.45, 7) is 0. The van der Waals surface area contributed by atoms with Gasteiger partial charge in [0.15, 0.2) is 0 Å². The van der Waals surface area contributed by atoms with E-state index in [1.165, 1.54) is 0 Å². The maximum absolute atomic E-state index is 0. The Morgan fingerprint density at radius 2 is 0.100 bits per heavy atom. The largest absolute Gasteiger partial charge is 0 e. The third-order valence-corrected chi connectivity index (χ3v) is 0. The van der Waals surface area contributed by atoms with E-state index in [1.54, 1.807) is 0 Å². The molecular formula is Zn10. The molecule has 0 aromatic rings. The quantitative estimate of drug-likeness (QED) is 0.323. The molecule has 0 atom stereocenters. The molecule has 0 nitrogen and oxygen atoms in total. The van der Waals surface area contributed by atoms with Gasteiger partial charge in [-0.3, -0.25) is 0 Å². The Bertz CT molecular complexity index is 0. The number of rotatable bonds is 0. The van der Waals surface area contributed by atoms with Crippen molar-refractivity contribution in [3.63, 3.8) is 0 Å². The van der Waals surface area contributed by atoms with Gasteiger partial charge in [0.05, 0.1) is 0 Å². The van der Waals surface area contributed by atoms with Crippen LogP contribution in [0.5, 0.6) is 0 Å². The second-order valence-electron chi connectivity index (χ2n) is 0. The molecule has 0 spiro atoms. The molecule has 10 heteroatoms. The molecule has 0 aromatic carbocycles. The van der Waals surface area contributed by atoms with E-state index in [4.69, 9.17) is 0 Å². The van der Waals surface area contributed by atoms with Gasteiger partial charge in [-0.05, 0) is 0 Å². The minimum absolute atomic E-state index is 0. The van der Waals surface area contributed by atoms with Crippen LogP contribution >= 0.6 is 0 Å². The predicted molar refractivity (Wildman–Crippen MR) is 0 cm³/mol. The maximum atomic E-state index is 0. The van der Waals surface area contributed by atoms with Crippen LogP contribution < -0.4 is 0 Å². The molecule has 0 saturated carbocycles. The van der Waals surface area contributed by atoms with Gasteiger partial charge in [0.25, 0.3) is 0 Å². The molecule has 0 saturated heterocycles. The molecule has 0 aliphatic carbocycles. The fourth-order valence-corrected chi connectivity index (χ4v) is 0. The topological polar surface area (TPSA) is 0 Å². The molecule has 20 valence electrons. The van der Waals surface area contributed by atoms with Crippen molar-refractivity contribution in [2.24, 2.45) is 0 Å². The van der Waals surface area contributed by atoms with E-state index in [0.29, 0.717) is 0 Å². The molecule has 0 aliphatic rings. The molecule has 0 rings (SSSR count). The fraction of sp³-hybridized carbons (Fsp3) is 0. The summed E-state index contributed by atoms with van der Waals surface area (Å²) < 4.78 is 0. The molecule has 0 amide bonds. The third kappa shape index (κ3) is 64.1. The Balaban J connectivity index is 0. The summed E-state index contributed by atoms with van der Waals surface area (Å²) >= 11 is 0. The minimum atomic E-state index is 0. The van der Waals surface area contributed by atoms with Crippen molar-refractivity contribution in [3.8, 4) is 0 Å². The van der Waals surface area contributed by atoms with Crippen molar-refractivity contribution in [1.29, 1.82) is 0 Å². The Kier molecular flexibility index (Phi) is 770. The molecular weight excluding hydrogens is 654 g/mol. The Morgan fingerprint density at radius 3 is 0.100 bits per heavy atom. The van der Waals surface area contributed by atoms with E-state index >= 15 is 0 Å². The van der Waals surface area contributed by atoms with Crippen LogP contribution in [0.4, 0.5) is 0 Å².